The Bertz CT molecular complexity index is 1320. The van der Waals surface area contributed by atoms with Gasteiger partial charge < -0.3 is 20.7 Å². The number of nitrogens with zero attached hydrogens (tertiary/aromatic N) is 2. The Kier molecular flexibility index (Phi) is 15.6. The molecule has 0 aliphatic carbocycles. The van der Waals surface area contributed by atoms with E-state index in [1.807, 2.05) is 6.07 Å². The number of H-pyrrole nitrogens is 1. The average Bonchev–Trinajstić information content (AvgIpc) is 2.97. The molecule has 0 spiro atoms. The van der Waals surface area contributed by atoms with Crippen molar-refractivity contribution in [3.63, 3.8) is 0 Å². The number of aryl methyl sites for hydroxylation is 1. The molecule has 2 rings (SSSR count). The first-order chi connectivity index (χ1) is 20.7. The highest BCUT2D eigenvalue weighted by Crippen LogP contribution is 2.16. The molecule has 4 amide bonds. The second-order valence-electron chi connectivity index (χ2n) is 10.2. The van der Waals surface area contributed by atoms with Crippen molar-refractivity contribution in [2.45, 2.75) is 72.1 Å². The number of hydrogen-bond acceptors (Lipinski definition) is 7. The van der Waals surface area contributed by atoms with Crippen LogP contribution >= 0.6 is 0 Å². The Balaban J connectivity index is 1.63. The fourth-order valence-corrected chi connectivity index (χ4v) is 4.11. The minimum absolute atomic E-state index is 0.0695. The molecule has 43 heavy (non-hydrogen) atoms. The highest BCUT2D eigenvalue weighted by Gasteiger charge is 2.14. The lowest BCUT2D eigenvalue weighted by Gasteiger charge is -2.14. The SMILES string of the molecule is CCCCC(CC)COC(=O)/C(C#N)=C\c1ccc(NC(=O)NCCCCCCNC(=O)Nc2nc(C)cc(=O)[nH]2)cc1. The van der Waals surface area contributed by atoms with E-state index in [0.29, 0.717) is 42.6 Å². The van der Waals surface area contributed by atoms with E-state index >= 15 is 0 Å². The predicted molar refractivity (Wildman–Crippen MR) is 166 cm³/mol. The number of unbranched alkanes of at least 4 members (excludes halogenated alkanes) is 4. The van der Waals surface area contributed by atoms with Crippen LogP contribution in [-0.4, -0.2) is 47.7 Å². The molecular formula is C31H43N7O5. The van der Waals surface area contributed by atoms with Crippen LogP contribution in [0.3, 0.4) is 0 Å². The van der Waals surface area contributed by atoms with Gasteiger partial charge in [0.2, 0.25) is 5.95 Å². The molecule has 1 atom stereocenters. The van der Waals surface area contributed by atoms with Crippen molar-refractivity contribution in [1.29, 1.82) is 5.26 Å². The van der Waals surface area contributed by atoms with E-state index in [2.05, 4.69) is 45.1 Å². The number of aromatic nitrogens is 2. The number of urea groups is 2. The Hall–Kier alpha value is -4.66. The summed E-state index contributed by atoms with van der Waals surface area (Å²) >= 11 is 0. The van der Waals surface area contributed by atoms with Gasteiger partial charge in [-0.3, -0.25) is 15.1 Å². The molecule has 1 unspecified atom stereocenters. The van der Waals surface area contributed by atoms with Crippen LogP contribution in [0.1, 0.15) is 76.5 Å². The first-order valence-electron chi connectivity index (χ1n) is 14.8. The van der Waals surface area contributed by atoms with E-state index in [-0.39, 0.29) is 23.1 Å². The summed E-state index contributed by atoms with van der Waals surface area (Å²) in [5.74, 6) is -0.237. The van der Waals surface area contributed by atoms with Gasteiger partial charge in [-0.15, -0.1) is 0 Å². The van der Waals surface area contributed by atoms with Crippen molar-refractivity contribution in [3.8, 4) is 6.07 Å². The quantitative estimate of drug-likeness (QED) is 0.0719. The van der Waals surface area contributed by atoms with Crippen molar-refractivity contribution >= 4 is 35.7 Å². The summed E-state index contributed by atoms with van der Waals surface area (Å²) in [6, 6.07) is 9.29. The minimum atomic E-state index is -0.630. The van der Waals surface area contributed by atoms with Gasteiger partial charge in [-0.05, 0) is 55.9 Å². The number of hydrogen-bond donors (Lipinski definition) is 5. The molecule has 5 N–H and O–H groups in total. The maximum atomic E-state index is 12.4. The highest BCUT2D eigenvalue weighted by molar-refractivity contribution is 5.98. The first kappa shape index (κ1) is 34.5. The van der Waals surface area contributed by atoms with Crippen LogP contribution in [0.4, 0.5) is 21.2 Å². The number of nitriles is 1. The zero-order chi connectivity index (χ0) is 31.5. The number of esters is 1. The van der Waals surface area contributed by atoms with Gasteiger partial charge in [0.1, 0.15) is 11.6 Å². The molecule has 0 saturated heterocycles. The van der Waals surface area contributed by atoms with Gasteiger partial charge in [-0.2, -0.15) is 5.26 Å². The maximum Gasteiger partial charge on any atom is 0.348 e. The normalized spacial score (nSPS) is 11.6. The number of aromatic amines is 1. The third-order valence-corrected chi connectivity index (χ3v) is 6.59. The molecule has 0 fully saturated rings. The molecule has 0 aliphatic rings. The largest absolute Gasteiger partial charge is 0.461 e. The summed E-state index contributed by atoms with van der Waals surface area (Å²) in [5.41, 5.74) is 1.33. The van der Waals surface area contributed by atoms with Crippen LogP contribution < -0.4 is 26.8 Å². The molecule has 1 heterocycles. The van der Waals surface area contributed by atoms with Crippen LogP contribution in [-0.2, 0) is 9.53 Å². The van der Waals surface area contributed by atoms with Crippen molar-refractivity contribution in [2.24, 2.45) is 5.92 Å². The molecule has 0 saturated carbocycles. The zero-order valence-corrected chi connectivity index (χ0v) is 25.3. The highest BCUT2D eigenvalue weighted by atomic mass is 16.5. The first-order valence-corrected chi connectivity index (χ1v) is 14.8. The summed E-state index contributed by atoms with van der Waals surface area (Å²) in [5, 5.41) is 20.2. The van der Waals surface area contributed by atoms with Crippen molar-refractivity contribution < 1.29 is 19.1 Å². The van der Waals surface area contributed by atoms with E-state index in [1.54, 1.807) is 31.2 Å². The fraction of sp³-hybridized carbons (Fsp3) is 0.484. The van der Waals surface area contributed by atoms with E-state index in [4.69, 9.17) is 4.74 Å². The number of ether oxygens (including phenoxy) is 1. The second-order valence-corrected chi connectivity index (χ2v) is 10.2. The Morgan fingerprint density at radius 2 is 1.65 bits per heavy atom. The molecule has 1 aromatic heterocycles. The topological polar surface area (TPSA) is 178 Å². The van der Waals surface area contributed by atoms with Gasteiger partial charge in [-0.1, -0.05) is 58.1 Å². The molecule has 0 aliphatic heterocycles. The fourth-order valence-electron chi connectivity index (χ4n) is 4.11. The van der Waals surface area contributed by atoms with E-state index in [9.17, 15) is 24.4 Å². The Labute approximate surface area is 252 Å². The van der Waals surface area contributed by atoms with Crippen molar-refractivity contribution in [1.82, 2.24) is 20.6 Å². The van der Waals surface area contributed by atoms with Gasteiger partial charge in [-0.25, -0.2) is 19.4 Å². The number of anilines is 2. The summed E-state index contributed by atoms with van der Waals surface area (Å²) in [7, 11) is 0. The zero-order valence-electron chi connectivity index (χ0n) is 25.3. The Morgan fingerprint density at radius 1 is 1.00 bits per heavy atom. The standard InChI is InChI=1S/C31H43N7O5/c1-4-6-11-23(5-2)21-43-28(40)25(20-32)19-24-12-14-26(15-13-24)36-30(41)33-16-9-7-8-10-17-34-31(42)38-29-35-22(3)18-27(39)37-29/h12-15,18-19,23H,4-11,16-17,21H2,1-3H3,(H2,33,36,41)(H3,34,35,37,38,39,42)/b25-19-. The molecule has 12 heteroatoms. The van der Waals surface area contributed by atoms with Gasteiger partial charge in [0, 0.05) is 30.5 Å². The van der Waals surface area contributed by atoms with Crippen LogP contribution in [0.25, 0.3) is 6.08 Å². The molecule has 232 valence electrons. The summed E-state index contributed by atoms with van der Waals surface area (Å²) < 4.78 is 5.38. The monoisotopic (exact) mass is 593 g/mol. The van der Waals surface area contributed by atoms with Crippen molar-refractivity contribution in [2.75, 3.05) is 30.3 Å². The van der Waals surface area contributed by atoms with E-state index in [1.165, 1.54) is 12.1 Å². The summed E-state index contributed by atoms with van der Waals surface area (Å²) in [6.45, 7) is 7.13. The lowest BCUT2D eigenvalue weighted by molar-refractivity contribution is -0.139. The van der Waals surface area contributed by atoms with Gasteiger partial charge in [0.05, 0.1) is 6.61 Å². The number of amides is 4. The number of carbonyl (C=O) groups excluding carboxylic acids is 3. The number of carbonyl (C=O) groups is 3. The van der Waals surface area contributed by atoms with Gasteiger partial charge in [0.25, 0.3) is 5.56 Å². The predicted octanol–water partition coefficient (Wildman–Crippen LogP) is 5.25. The number of rotatable bonds is 17. The van der Waals surface area contributed by atoms with Crippen LogP contribution in [0, 0.1) is 24.2 Å². The lowest BCUT2D eigenvalue weighted by Crippen LogP contribution is -2.31. The molecule has 12 nitrogen and oxygen atoms in total. The summed E-state index contributed by atoms with van der Waals surface area (Å²) in [6.07, 6.45) is 8.84. The summed E-state index contributed by atoms with van der Waals surface area (Å²) in [4.78, 5) is 54.4. The molecular weight excluding hydrogens is 550 g/mol. The van der Waals surface area contributed by atoms with Crippen LogP contribution in [0.2, 0.25) is 0 Å². The maximum absolute atomic E-state index is 12.4. The van der Waals surface area contributed by atoms with Gasteiger partial charge >= 0.3 is 18.0 Å². The lowest BCUT2D eigenvalue weighted by atomic mass is 10.0. The third kappa shape index (κ3) is 14.2. The van der Waals surface area contributed by atoms with Gasteiger partial charge in [0.15, 0.2) is 0 Å². The van der Waals surface area contributed by atoms with Crippen LogP contribution in [0.5, 0.6) is 0 Å². The Morgan fingerprint density at radius 3 is 2.23 bits per heavy atom. The second kappa shape index (κ2) is 19.5. The molecule has 2 aromatic rings. The van der Waals surface area contributed by atoms with E-state index < -0.39 is 12.0 Å². The molecule has 0 radical (unpaired) electrons. The number of nitrogens with one attached hydrogen (secondary N) is 5. The van der Waals surface area contributed by atoms with Crippen LogP contribution in [0.15, 0.2) is 40.7 Å². The molecule has 0 bridgehead atoms. The number of benzene rings is 1. The minimum Gasteiger partial charge on any atom is -0.461 e. The third-order valence-electron chi connectivity index (χ3n) is 6.59. The average molecular weight is 594 g/mol. The van der Waals surface area contributed by atoms with Crippen molar-refractivity contribution in [3.05, 3.63) is 57.5 Å². The molecule has 1 aromatic carbocycles. The van der Waals surface area contributed by atoms with E-state index in [0.717, 1.165) is 51.4 Å². The smallest absolute Gasteiger partial charge is 0.348 e.